The van der Waals surface area contributed by atoms with Crippen LogP contribution in [0.3, 0.4) is 0 Å². The van der Waals surface area contributed by atoms with Crippen molar-refractivity contribution in [3.05, 3.63) is 11.6 Å². The molecule has 0 aromatic rings. The molecule has 0 aromatic heterocycles. The lowest BCUT2D eigenvalue weighted by Crippen LogP contribution is -2.51. The molecule has 0 radical (unpaired) electrons. The van der Waals surface area contributed by atoms with Gasteiger partial charge in [0.25, 0.3) is 0 Å². The molecule has 4 rings (SSSR count). The van der Waals surface area contributed by atoms with Crippen LogP contribution in [0.15, 0.2) is 11.6 Å². The molecule has 4 aliphatic carbocycles. The van der Waals surface area contributed by atoms with Crippen molar-refractivity contribution in [1.29, 1.82) is 0 Å². The van der Waals surface area contributed by atoms with Gasteiger partial charge in [-0.05, 0) is 97.7 Å². The fourth-order valence-corrected chi connectivity index (χ4v) is 12.9. The van der Waals surface area contributed by atoms with E-state index in [1.54, 1.807) is 5.57 Å². The molecule has 8 unspecified atom stereocenters. The zero-order chi connectivity index (χ0) is 38.7. The molecule has 2 nitrogen and oxygen atoms in total. The fourth-order valence-electron chi connectivity index (χ4n) is 12.9. The number of rotatable bonds is 29. The van der Waals surface area contributed by atoms with Crippen LogP contribution in [-0.2, 0) is 9.53 Å². The summed E-state index contributed by atoms with van der Waals surface area (Å²) in [6.45, 7) is 15.0. The zero-order valence-corrected chi connectivity index (χ0v) is 37.5. The number of hydrogen-bond acceptors (Lipinski definition) is 2. The number of allylic oxidation sites excluding steroid dienone is 1. The average molecular weight is 751 g/mol. The number of carbonyl (C=O) groups is 1. The lowest BCUT2D eigenvalue weighted by Gasteiger charge is -2.58. The van der Waals surface area contributed by atoms with Gasteiger partial charge in [-0.1, -0.05) is 207 Å². The van der Waals surface area contributed by atoms with Crippen LogP contribution < -0.4 is 0 Å². The molecule has 0 aromatic carbocycles. The molecule has 4 aliphatic rings. The van der Waals surface area contributed by atoms with E-state index in [0.717, 1.165) is 54.8 Å². The van der Waals surface area contributed by atoms with Crippen LogP contribution in [0, 0.1) is 46.3 Å². The summed E-state index contributed by atoms with van der Waals surface area (Å²) in [7, 11) is 0. The summed E-state index contributed by atoms with van der Waals surface area (Å²) in [5.74, 6) is 5.34. The van der Waals surface area contributed by atoms with E-state index < -0.39 is 0 Å². The maximum absolute atomic E-state index is 12.9. The molecule has 0 amide bonds. The summed E-state index contributed by atoms with van der Waals surface area (Å²) >= 11 is 0. The van der Waals surface area contributed by atoms with Crippen molar-refractivity contribution in [2.24, 2.45) is 46.3 Å². The van der Waals surface area contributed by atoms with Gasteiger partial charge < -0.3 is 4.74 Å². The molecular weight excluding hydrogens is 657 g/mol. The van der Waals surface area contributed by atoms with Crippen molar-refractivity contribution in [1.82, 2.24) is 0 Å². The van der Waals surface area contributed by atoms with Crippen LogP contribution in [0.1, 0.15) is 260 Å². The third-order valence-electron chi connectivity index (χ3n) is 16.3. The number of esters is 1. The number of fused-ring (bicyclic) bond motifs is 5. The summed E-state index contributed by atoms with van der Waals surface area (Å²) in [4.78, 5) is 12.9. The minimum Gasteiger partial charge on any atom is -0.462 e. The smallest absolute Gasteiger partial charge is 0.306 e. The second-order valence-electron chi connectivity index (χ2n) is 20.8. The summed E-state index contributed by atoms with van der Waals surface area (Å²) in [5.41, 5.74) is 2.54. The van der Waals surface area contributed by atoms with E-state index in [2.05, 4.69) is 47.6 Å². The van der Waals surface area contributed by atoms with E-state index in [0.29, 0.717) is 17.3 Å². The lowest BCUT2D eigenvalue weighted by molar-refractivity contribution is -0.151. The molecule has 8 atom stereocenters. The normalized spacial score (nSPS) is 29.8. The molecule has 0 saturated heterocycles. The maximum atomic E-state index is 12.9. The Balaban J connectivity index is 0.991. The van der Waals surface area contributed by atoms with Crippen LogP contribution >= 0.6 is 0 Å². The van der Waals surface area contributed by atoms with Gasteiger partial charge in [0.05, 0.1) is 0 Å². The second-order valence-corrected chi connectivity index (χ2v) is 20.8. The Kier molecular flexibility index (Phi) is 21.1. The lowest BCUT2D eigenvalue weighted by atomic mass is 9.47. The third kappa shape index (κ3) is 14.2. The van der Waals surface area contributed by atoms with Crippen LogP contribution in [0.4, 0.5) is 0 Å². The molecule has 0 spiro atoms. The Labute approximate surface area is 338 Å². The predicted molar refractivity (Wildman–Crippen MR) is 235 cm³/mol. The van der Waals surface area contributed by atoms with E-state index >= 15 is 0 Å². The molecule has 54 heavy (non-hydrogen) atoms. The topological polar surface area (TPSA) is 26.3 Å². The van der Waals surface area contributed by atoms with Crippen molar-refractivity contribution >= 4 is 5.97 Å². The first-order chi connectivity index (χ1) is 26.2. The highest BCUT2D eigenvalue weighted by atomic mass is 16.5. The van der Waals surface area contributed by atoms with Crippen LogP contribution in [0.25, 0.3) is 0 Å². The maximum Gasteiger partial charge on any atom is 0.306 e. The SMILES string of the molecule is CCCCCCCCCCCCCCCCCCCCCCCCC(=O)OC1CCC2(C)C(=CCC3C2CCC2(C)C(C(C)CCCC(C)C)CCC32)C1. The molecule has 0 N–H and O–H groups in total. The van der Waals surface area contributed by atoms with Crippen LogP contribution in [0.2, 0.25) is 0 Å². The molecule has 3 saturated carbocycles. The van der Waals surface area contributed by atoms with E-state index in [9.17, 15) is 4.79 Å². The standard InChI is InChI=1S/C52H94O2/c1-7-8-9-10-11-12-13-14-15-16-17-18-19-20-21-22-23-24-25-26-27-28-32-50(53)54-45-37-39-51(5)44(41-45)33-34-46-48-36-35-47(43(4)31-29-30-42(2)3)52(48,6)40-38-49(46)51/h33,42-43,45-49H,7-32,34-41H2,1-6H3. The quantitative estimate of drug-likeness (QED) is 0.0432. The van der Waals surface area contributed by atoms with Gasteiger partial charge in [-0.25, -0.2) is 0 Å². The van der Waals surface area contributed by atoms with Gasteiger partial charge >= 0.3 is 5.97 Å². The fraction of sp³-hybridized carbons (Fsp3) is 0.942. The minimum atomic E-state index is 0.0685. The minimum absolute atomic E-state index is 0.0685. The van der Waals surface area contributed by atoms with Crippen LogP contribution in [-0.4, -0.2) is 12.1 Å². The second kappa shape index (κ2) is 24.9. The van der Waals surface area contributed by atoms with E-state index in [-0.39, 0.29) is 12.1 Å². The molecule has 314 valence electrons. The van der Waals surface area contributed by atoms with E-state index in [1.165, 1.54) is 193 Å². The Morgan fingerprint density at radius 3 is 1.72 bits per heavy atom. The average Bonchev–Trinajstić information content (AvgIpc) is 3.51. The monoisotopic (exact) mass is 751 g/mol. The largest absolute Gasteiger partial charge is 0.462 e. The molecule has 2 heteroatoms. The van der Waals surface area contributed by atoms with Crippen molar-refractivity contribution in [2.75, 3.05) is 0 Å². The third-order valence-corrected chi connectivity index (χ3v) is 16.3. The molecular formula is C52H94O2. The Morgan fingerprint density at radius 2 is 1.19 bits per heavy atom. The molecule has 0 bridgehead atoms. The summed E-state index contributed by atoms with van der Waals surface area (Å²) in [6.07, 6.45) is 48.8. The molecule has 3 fully saturated rings. The highest BCUT2D eigenvalue weighted by Gasteiger charge is 2.59. The van der Waals surface area contributed by atoms with Gasteiger partial charge in [0, 0.05) is 12.8 Å². The number of ether oxygens (including phenoxy) is 1. The van der Waals surface area contributed by atoms with Crippen molar-refractivity contribution in [3.8, 4) is 0 Å². The first kappa shape index (κ1) is 45.9. The Morgan fingerprint density at radius 1 is 0.648 bits per heavy atom. The molecule has 0 heterocycles. The number of unbranched alkanes of at least 4 members (excludes halogenated alkanes) is 21. The molecule has 0 aliphatic heterocycles. The van der Waals surface area contributed by atoms with Crippen molar-refractivity contribution in [3.63, 3.8) is 0 Å². The summed E-state index contributed by atoms with van der Waals surface area (Å²) in [5, 5.41) is 0. The van der Waals surface area contributed by atoms with Gasteiger partial charge in [-0.15, -0.1) is 0 Å². The number of hydrogen-bond donors (Lipinski definition) is 0. The summed E-state index contributed by atoms with van der Waals surface area (Å²) in [6, 6.07) is 0. The number of carbonyl (C=O) groups excluding carboxylic acids is 1. The van der Waals surface area contributed by atoms with Crippen molar-refractivity contribution in [2.45, 2.75) is 266 Å². The van der Waals surface area contributed by atoms with Gasteiger partial charge in [-0.3, -0.25) is 4.79 Å². The van der Waals surface area contributed by atoms with E-state index in [4.69, 9.17) is 4.74 Å². The van der Waals surface area contributed by atoms with Gasteiger partial charge in [0.15, 0.2) is 0 Å². The van der Waals surface area contributed by atoms with Gasteiger partial charge in [-0.2, -0.15) is 0 Å². The van der Waals surface area contributed by atoms with Crippen LogP contribution in [0.5, 0.6) is 0 Å². The highest BCUT2D eigenvalue weighted by molar-refractivity contribution is 5.69. The van der Waals surface area contributed by atoms with E-state index in [1.807, 2.05) is 0 Å². The first-order valence-electron chi connectivity index (χ1n) is 25.1. The summed E-state index contributed by atoms with van der Waals surface area (Å²) < 4.78 is 6.16. The first-order valence-corrected chi connectivity index (χ1v) is 25.1. The Bertz CT molecular complexity index is 1040. The van der Waals surface area contributed by atoms with Gasteiger partial charge in [0.2, 0.25) is 0 Å². The highest BCUT2D eigenvalue weighted by Crippen LogP contribution is 2.67. The van der Waals surface area contributed by atoms with Gasteiger partial charge in [0.1, 0.15) is 6.10 Å². The zero-order valence-electron chi connectivity index (χ0n) is 37.5. The Hall–Kier alpha value is -0.790. The predicted octanol–water partition coefficient (Wildman–Crippen LogP) is 16.9. The van der Waals surface area contributed by atoms with Crippen molar-refractivity contribution < 1.29 is 9.53 Å².